The maximum atomic E-state index is 8.77. The molecule has 0 aromatic heterocycles. The number of hydrogen-bond acceptors (Lipinski definition) is 4. The highest BCUT2D eigenvalue weighted by molar-refractivity contribution is 5.77. The molecule has 0 aliphatic carbocycles. The van der Waals surface area contributed by atoms with E-state index in [9.17, 15) is 0 Å². The Bertz CT molecular complexity index is 648. The van der Waals surface area contributed by atoms with Gasteiger partial charge in [-0.05, 0) is 18.2 Å². The van der Waals surface area contributed by atoms with Crippen LogP contribution in [0.4, 0.5) is 0 Å². The molecular formula is C16H15N3O2. The second-order valence-electron chi connectivity index (χ2n) is 4.09. The van der Waals surface area contributed by atoms with Crippen molar-refractivity contribution >= 4 is 6.02 Å². The Balaban J connectivity index is 2.13. The van der Waals surface area contributed by atoms with Crippen molar-refractivity contribution in [2.75, 3.05) is 7.11 Å². The molecule has 0 spiro atoms. The van der Waals surface area contributed by atoms with Gasteiger partial charge in [0, 0.05) is 5.56 Å². The van der Waals surface area contributed by atoms with E-state index in [1.165, 1.54) is 0 Å². The van der Waals surface area contributed by atoms with Gasteiger partial charge in [0.15, 0.2) is 6.19 Å². The van der Waals surface area contributed by atoms with Gasteiger partial charge in [0.2, 0.25) is 0 Å². The number of para-hydroxylation sites is 2. The van der Waals surface area contributed by atoms with Crippen molar-refractivity contribution in [3.8, 4) is 17.7 Å². The van der Waals surface area contributed by atoms with Gasteiger partial charge in [-0.2, -0.15) is 5.26 Å². The zero-order valence-corrected chi connectivity index (χ0v) is 11.6. The van der Waals surface area contributed by atoms with Crippen molar-refractivity contribution in [3.05, 3.63) is 60.2 Å². The van der Waals surface area contributed by atoms with Gasteiger partial charge in [-0.25, -0.2) is 10.3 Å². The standard InChI is InChI=1S/C16H15N3O2/c1-20-15-10-6-5-7-13(15)11-18-16(19-12-17)21-14-8-3-2-4-9-14/h2-10H,11H2,1H3,(H,18,19). The number of nitrogens with zero attached hydrogens (tertiary/aromatic N) is 2. The van der Waals surface area contributed by atoms with E-state index in [1.807, 2.05) is 48.7 Å². The monoisotopic (exact) mass is 281 g/mol. The van der Waals surface area contributed by atoms with Crippen LogP contribution in [0.3, 0.4) is 0 Å². The fraction of sp³-hybridized carbons (Fsp3) is 0.125. The number of hydrogen-bond donors (Lipinski definition) is 1. The number of rotatable bonds is 4. The molecule has 0 unspecified atom stereocenters. The van der Waals surface area contributed by atoms with E-state index in [-0.39, 0.29) is 6.02 Å². The SMILES string of the molecule is COc1ccccc1CN=C(NC#N)Oc1ccccc1. The first-order valence-corrected chi connectivity index (χ1v) is 6.38. The summed E-state index contributed by atoms with van der Waals surface area (Å²) in [7, 11) is 1.61. The number of methoxy groups -OCH3 is 1. The zero-order chi connectivity index (χ0) is 14.9. The number of nitrogens with one attached hydrogen (secondary N) is 1. The molecular weight excluding hydrogens is 266 g/mol. The molecule has 2 aromatic rings. The highest BCUT2D eigenvalue weighted by atomic mass is 16.5. The Morgan fingerprint density at radius 1 is 1.14 bits per heavy atom. The Morgan fingerprint density at radius 3 is 2.57 bits per heavy atom. The van der Waals surface area contributed by atoms with Gasteiger partial charge < -0.3 is 9.47 Å². The molecule has 0 aliphatic rings. The van der Waals surface area contributed by atoms with Crippen molar-refractivity contribution < 1.29 is 9.47 Å². The maximum absolute atomic E-state index is 8.77. The number of amidine groups is 1. The van der Waals surface area contributed by atoms with E-state index in [0.29, 0.717) is 12.3 Å². The first kappa shape index (κ1) is 14.4. The Labute approximate surface area is 123 Å². The van der Waals surface area contributed by atoms with Crippen LogP contribution in [0.25, 0.3) is 0 Å². The van der Waals surface area contributed by atoms with Crippen LogP contribution in [0, 0.1) is 11.5 Å². The van der Waals surface area contributed by atoms with Crippen molar-refractivity contribution in [3.63, 3.8) is 0 Å². The van der Waals surface area contributed by atoms with Crippen LogP contribution in [0.5, 0.6) is 11.5 Å². The third-order valence-electron chi connectivity index (χ3n) is 2.71. The average Bonchev–Trinajstić information content (AvgIpc) is 2.54. The molecule has 0 heterocycles. The molecule has 0 aliphatic heterocycles. The van der Waals surface area contributed by atoms with E-state index >= 15 is 0 Å². The third kappa shape index (κ3) is 4.25. The summed E-state index contributed by atoms with van der Waals surface area (Å²) in [5.41, 5.74) is 0.911. The largest absolute Gasteiger partial charge is 0.496 e. The number of benzene rings is 2. The second kappa shape index (κ2) is 7.56. The molecule has 5 heteroatoms. The van der Waals surface area contributed by atoms with Crippen molar-refractivity contribution in [1.29, 1.82) is 5.26 Å². The minimum atomic E-state index is 0.148. The lowest BCUT2D eigenvalue weighted by Gasteiger charge is -2.08. The topological polar surface area (TPSA) is 66.6 Å². The molecule has 0 saturated heterocycles. The van der Waals surface area contributed by atoms with E-state index < -0.39 is 0 Å². The lowest BCUT2D eigenvalue weighted by atomic mass is 10.2. The van der Waals surface area contributed by atoms with E-state index in [1.54, 1.807) is 19.2 Å². The minimum Gasteiger partial charge on any atom is -0.496 e. The predicted molar refractivity (Wildman–Crippen MR) is 80.0 cm³/mol. The predicted octanol–water partition coefficient (Wildman–Crippen LogP) is 2.70. The average molecular weight is 281 g/mol. The van der Waals surface area contributed by atoms with Crippen molar-refractivity contribution in [1.82, 2.24) is 5.32 Å². The van der Waals surface area contributed by atoms with E-state index in [2.05, 4.69) is 10.3 Å². The number of nitriles is 1. The summed E-state index contributed by atoms with van der Waals surface area (Å²) < 4.78 is 10.8. The highest BCUT2D eigenvalue weighted by Crippen LogP contribution is 2.18. The molecule has 0 radical (unpaired) electrons. The van der Waals surface area contributed by atoms with Gasteiger partial charge in [0.25, 0.3) is 0 Å². The molecule has 2 aromatic carbocycles. The molecule has 0 fully saturated rings. The summed E-state index contributed by atoms with van der Waals surface area (Å²) in [6, 6.07) is 16.9. The molecule has 106 valence electrons. The van der Waals surface area contributed by atoms with Crippen LogP contribution in [0.15, 0.2) is 59.6 Å². The zero-order valence-electron chi connectivity index (χ0n) is 11.6. The summed E-state index contributed by atoms with van der Waals surface area (Å²) >= 11 is 0. The first-order valence-electron chi connectivity index (χ1n) is 6.38. The van der Waals surface area contributed by atoms with Gasteiger partial charge in [-0.15, -0.1) is 0 Å². The third-order valence-corrected chi connectivity index (χ3v) is 2.71. The van der Waals surface area contributed by atoms with Crippen LogP contribution in [-0.4, -0.2) is 13.1 Å². The lowest BCUT2D eigenvalue weighted by Crippen LogP contribution is -2.24. The van der Waals surface area contributed by atoms with Crippen LogP contribution in [0.1, 0.15) is 5.56 Å². The first-order chi connectivity index (χ1) is 10.3. The van der Waals surface area contributed by atoms with Crippen molar-refractivity contribution in [2.24, 2.45) is 4.99 Å². The molecule has 0 atom stereocenters. The summed E-state index contributed by atoms with van der Waals surface area (Å²) in [4.78, 5) is 4.27. The van der Waals surface area contributed by atoms with E-state index in [0.717, 1.165) is 11.3 Å². The summed E-state index contributed by atoms with van der Waals surface area (Å²) in [6.07, 6.45) is 1.82. The van der Waals surface area contributed by atoms with Crippen LogP contribution >= 0.6 is 0 Å². The molecule has 0 amide bonds. The molecule has 1 N–H and O–H groups in total. The summed E-state index contributed by atoms with van der Waals surface area (Å²) in [5.74, 6) is 1.36. The Hall–Kier alpha value is -3.00. The van der Waals surface area contributed by atoms with Crippen LogP contribution in [-0.2, 0) is 6.54 Å². The number of ether oxygens (including phenoxy) is 2. The van der Waals surface area contributed by atoms with Crippen LogP contribution < -0.4 is 14.8 Å². The van der Waals surface area contributed by atoms with Gasteiger partial charge >= 0.3 is 6.02 Å². The molecule has 21 heavy (non-hydrogen) atoms. The Morgan fingerprint density at radius 2 is 1.86 bits per heavy atom. The highest BCUT2D eigenvalue weighted by Gasteiger charge is 2.04. The fourth-order valence-corrected chi connectivity index (χ4v) is 1.74. The van der Waals surface area contributed by atoms with Gasteiger partial charge in [-0.3, -0.25) is 0 Å². The maximum Gasteiger partial charge on any atom is 0.304 e. The van der Waals surface area contributed by atoms with E-state index in [4.69, 9.17) is 14.7 Å². The van der Waals surface area contributed by atoms with Gasteiger partial charge in [0.05, 0.1) is 13.7 Å². The Kier molecular flexibility index (Phi) is 5.18. The second-order valence-corrected chi connectivity index (χ2v) is 4.09. The fourth-order valence-electron chi connectivity index (χ4n) is 1.74. The molecule has 2 rings (SSSR count). The van der Waals surface area contributed by atoms with Crippen molar-refractivity contribution in [2.45, 2.75) is 6.54 Å². The minimum absolute atomic E-state index is 0.148. The smallest absolute Gasteiger partial charge is 0.304 e. The summed E-state index contributed by atoms with van der Waals surface area (Å²) in [5, 5.41) is 11.2. The van der Waals surface area contributed by atoms with Crippen LogP contribution in [0.2, 0.25) is 0 Å². The molecule has 0 bridgehead atoms. The number of aliphatic imine (C=N–C) groups is 1. The molecule has 5 nitrogen and oxygen atoms in total. The quantitative estimate of drug-likeness (QED) is 0.405. The molecule has 0 saturated carbocycles. The van der Waals surface area contributed by atoms with Gasteiger partial charge in [-0.1, -0.05) is 36.4 Å². The van der Waals surface area contributed by atoms with Gasteiger partial charge in [0.1, 0.15) is 11.5 Å². The normalized spacial score (nSPS) is 10.6. The lowest BCUT2D eigenvalue weighted by molar-refractivity contribution is 0.409. The summed E-state index contributed by atoms with van der Waals surface area (Å²) in [6.45, 7) is 0.348.